The minimum atomic E-state index is -1.22. The number of carbonyl (C=O) groups is 1. The Labute approximate surface area is 77.7 Å². The van der Waals surface area contributed by atoms with Crippen LogP contribution in [-0.4, -0.2) is 5.97 Å². The molecule has 0 atom stereocenters. The van der Waals surface area contributed by atoms with Crippen LogP contribution in [0.25, 0.3) is 0 Å². The van der Waals surface area contributed by atoms with Gasteiger partial charge in [-0.05, 0) is 12.1 Å². The topological polar surface area (TPSA) is 49.4 Å². The fourth-order valence-electron chi connectivity index (χ4n) is 0.703. The van der Waals surface area contributed by atoms with Crippen LogP contribution in [-0.2, 0) is 0 Å². The fraction of sp³-hybridized carbons (Fsp3) is 0. The third-order valence-corrected chi connectivity index (χ3v) is 1.66. The molecule has 1 aromatic rings. The largest absolute Gasteiger partial charge is 0.545 e. The normalized spacial score (nSPS) is 9.18. The number of carboxylic acids is 1. The minimum Gasteiger partial charge on any atom is -0.545 e. The second kappa shape index (κ2) is 3.56. The van der Waals surface area contributed by atoms with Gasteiger partial charge in [0.25, 0.3) is 0 Å². The van der Waals surface area contributed by atoms with Crippen LogP contribution in [0.5, 0.6) is 5.75 Å². The molecule has 0 aliphatic carbocycles. The van der Waals surface area contributed by atoms with Crippen molar-refractivity contribution < 1.29 is 13.0 Å². The molecule has 4 heteroatoms. The maximum absolute atomic E-state index is 10.4. The van der Waals surface area contributed by atoms with Crippen LogP contribution >= 0.6 is 23.0 Å². The third-order valence-electron chi connectivity index (χ3n) is 1.19. The van der Waals surface area contributed by atoms with E-state index >= 15 is 0 Å². The molecule has 0 bridgehead atoms. The van der Waals surface area contributed by atoms with Crippen molar-refractivity contribution in [3.05, 3.63) is 29.8 Å². The first kappa shape index (κ1) is 8.32. The molecule has 0 unspecified atom stereocenters. The highest BCUT2D eigenvalue weighted by atomic mass is 127. The number of para-hydroxylation sites is 1. The number of benzene rings is 1. The van der Waals surface area contributed by atoms with Crippen molar-refractivity contribution in [2.24, 2.45) is 0 Å². The van der Waals surface area contributed by atoms with E-state index in [9.17, 15) is 9.90 Å². The number of carboxylic acid groups (broad SMARTS) is 1. The van der Waals surface area contributed by atoms with Gasteiger partial charge in [0.05, 0.1) is 5.97 Å². The van der Waals surface area contributed by atoms with Crippen LogP contribution in [0, 0.1) is 0 Å². The summed E-state index contributed by atoms with van der Waals surface area (Å²) in [5.74, 6) is -0.912. The summed E-state index contributed by atoms with van der Waals surface area (Å²) in [4.78, 5) is 10.4. The van der Waals surface area contributed by atoms with Gasteiger partial charge in [0, 0.05) is 5.56 Å². The van der Waals surface area contributed by atoms with Gasteiger partial charge in [-0.25, -0.2) is 0 Å². The highest BCUT2D eigenvalue weighted by Gasteiger charge is 2.00. The molecule has 58 valence electrons. The summed E-state index contributed by atoms with van der Waals surface area (Å²) in [5, 5.41) is 10.4. The van der Waals surface area contributed by atoms with Crippen molar-refractivity contribution in [2.45, 2.75) is 0 Å². The lowest BCUT2D eigenvalue weighted by Crippen LogP contribution is -2.22. The van der Waals surface area contributed by atoms with Gasteiger partial charge in [-0.2, -0.15) is 0 Å². The summed E-state index contributed by atoms with van der Waals surface area (Å²) in [6, 6.07) is 6.31. The van der Waals surface area contributed by atoms with Crippen molar-refractivity contribution in [2.75, 3.05) is 0 Å². The Balaban J connectivity index is 3.12. The molecule has 0 saturated carbocycles. The standard InChI is InChI=1S/C7H5IO3/c8-11-6-4-2-1-3-5(6)7(9)10/h1-4H,(H,9,10)/p-1. The molecule has 3 nitrogen and oxygen atoms in total. The van der Waals surface area contributed by atoms with E-state index in [2.05, 4.69) is 0 Å². The van der Waals surface area contributed by atoms with Crippen LogP contribution in [0.4, 0.5) is 0 Å². The molecule has 0 spiro atoms. The van der Waals surface area contributed by atoms with Gasteiger partial charge in [-0.15, -0.1) is 0 Å². The van der Waals surface area contributed by atoms with E-state index in [0.29, 0.717) is 5.75 Å². The first-order chi connectivity index (χ1) is 5.25. The van der Waals surface area contributed by atoms with Crippen LogP contribution in [0.3, 0.4) is 0 Å². The van der Waals surface area contributed by atoms with E-state index in [1.165, 1.54) is 6.07 Å². The fourth-order valence-corrected chi connectivity index (χ4v) is 1.09. The summed E-state index contributed by atoms with van der Waals surface area (Å²) < 4.78 is 4.76. The molecule has 0 N–H and O–H groups in total. The summed E-state index contributed by atoms with van der Waals surface area (Å²) in [7, 11) is 0. The highest BCUT2D eigenvalue weighted by molar-refractivity contribution is 14.1. The molecule has 0 aromatic heterocycles. The lowest BCUT2D eigenvalue weighted by molar-refractivity contribution is -0.255. The van der Waals surface area contributed by atoms with E-state index in [1.54, 1.807) is 41.2 Å². The molecule has 0 aliphatic rings. The molecule has 0 amide bonds. The third kappa shape index (κ3) is 1.83. The van der Waals surface area contributed by atoms with E-state index in [-0.39, 0.29) is 5.56 Å². The Morgan fingerprint density at radius 2 is 2.09 bits per heavy atom. The molecule has 1 rings (SSSR count). The van der Waals surface area contributed by atoms with E-state index in [4.69, 9.17) is 3.07 Å². The van der Waals surface area contributed by atoms with Gasteiger partial charge in [-0.3, -0.25) is 0 Å². The summed E-state index contributed by atoms with van der Waals surface area (Å²) in [5.41, 5.74) is 0.0712. The predicted molar refractivity (Wildman–Crippen MR) is 45.4 cm³/mol. The Morgan fingerprint density at radius 1 is 1.45 bits per heavy atom. The molecule has 0 radical (unpaired) electrons. The first-order valence-corrected chi connectivity index (χ1v) is 3.72. The lowest BCUT2D eigenvalue weighted by Gasteiger charge is -2.05. The molecule has 0 aliphatic heterocycles. The van der Waals surface area contributed by atoms with Crippen molar-refractivity contribution in [3.8, 4) is 5.75 Å². The average molecular weight is 263 g/mol. The number of rotatable bonds is 2. The van der Waals surface area contributed by atoms with E-state index in [1.807, 2.05) is 0 Å². The maximum Gasteiger partial charge on any atom is 0.192 e. The maximum atomic E-state index is 10.4. The summed E-state index contributed by atoms with van der Waals surface area (Å²) in [6.07, 6.45) is 0. The van der Waals surface area contributed by atoms with Gasteiger partial charge in [-0.1, -0.05) is 12.1 Å². The van der Waals surface area contributed by atoms with Gasteiger partial charge in [0.15, 0.2) is 23.0 Å². The second-order valence-corrected chi connectivity index (χ2v) is 2.30. The van der Waals surface area contributed by atoms with Crippen molar-refractivity contribution in [1.82, 2.24) is 0 Å². The summed E-state index contributed by atoms with van der Waals surface area (Å²) >= 11 is 1.62. The highest BCUT2D eigenvalue weighted by Crippen LogP contribution is 2.18. The number of aromatic carboxylic acids is 1. The van der Waals surface area contributed by atoms with Crippen molar-refractivity contribution in [3.63, 3.8) is 0 Å². The van der Waals surface area contributed by atoms with Gasteiger partial charge < -0.3 is 13.0 Å². The van der Waals surface area contributed by atoms with Gasteiger partial charge in [0.2, 0.25) is 0 Å². The van der Waals surface area contributed by atoms with Crippen LogP contribution in [0.2, 0.25) is 0 Å². The molecule has 0 heterocycles. The smallest absolute Gasteiger partial charge is 0.192 e. The zero-order chi connectivity index (χ0) is 8.27. The number of hydrogen-bond donors (Lipinski definition) is 0. The molecular formula is C7H4IO3-. The first-order valence-electron chi connectivity index (χ1n) is 2.84. The summed E-state index contributed by atoms with van der Waals surface area (Å²) in [6.45, 7) is 0. The molecular weight excluding hydrogens is 259 g/mol. The van der Waals surface area contributed by atoms with Crippen molar-refractivity contribution >= 4 is 29.0 Å². The molecule has 0 saturated heterocycles. The SMILES string of the molecule is O=C([O-])c1ccccc1OI. The predicted octanol–water partition coefficient (Wildman–Crippen LogP) is 0.779. The van der Waals surface area contributed by atoms with E-state index in [0.717, 1.165) is 0 Å². The number of carbonyl (C=O) groups excluding carboxylic acids is 1. The van der Waals surface area contributed by atoms with Crippen LogP contribution < -0.4 is 8.17 Å². The quantitative estimate of drug-likeness (QED) is 0.741. The van der Waals surface area contributed by atoms with Crippen LogP contribution in [0.15, 0.2) is 24.3 Å². The van der Waals surface area contributed by atoms with Gasteiger partial charge >= 0.3 is 0 Å². The van der Waals surface area contributed by atoms with Gasteiger partial charge in [0.1, 0.15) is 5.75 Å². The Kier molecular flexibility index (Phi) is 2.70. The average Bonchev–Trinajstić information content (AvgIpc) is 2.04. The second-order valence-electron chi connectivity index (χ2n) is 1.86. The van der Waals surface area contributed by atoms with E-state index < -0.39 is 5.97 Å². The minimum absolute atomic E-state index is 0.0712. The zero-order valence-electron chi connectivity index (χ0n) is 5.41. The Morgan fingerprint density at radius 3 is 2.55 bits per heavy atom. The monoisotopic (exact) mass is 263 g/mol. The van der Waals surface area contributed by atoms with Crippen LogP contribution in [0.1, 0.15) is 10.4 Å². The lowest BCUT2D eigenvalue weighted by atomic mass is 10.2. The zero-order valence-corrected chi connectivity index (χ0v) is 7.57. The Bertz CT molecular complexity index is 272. The molecule has 1 aromatic carbocycles. The molecule has 0 fully saturated rings. The number of hydrogen-bond acceptors (Lipinski definition) is 3. The Hall–Kier alpha value is -0.780. The van der Waals surface area contributed by atoms with Crippen molar-refractivity contribution in [1.29, 1.82) is 0 Å². The molecule has 11 heavy (non-hydrogen) atoms. The number of halogens is 1.